The molecule has 1 heterocycles. The van der Waals surface area contributed by atoms with Crippen molar-refractivity contribution in [2.45, 2.75) is 13.0 Å². The molecule has 122 valence electrons. The average molecular weight is 323 g/mol. The van der Waals surface area contributed by atoms with Crippen molar-refractivity contribution >= 4 is 5.91 Å². The van der Waals surface area contributed by atoms with E-state index in [9.17, 15) is 4.79 Å². The van der Waals surface area contributed by atoms with Gasteiger partial charge in [-0.3, -0.25) is 4.79 Å². The van der Waals surface area contributed by atoms with Crippen LogP contribution in [0.1, 0.15) is 18.9 Å². The first kappa shape index (κ1) is 15.7. The Kier molecular flexibility index (Phi) is 4.86. The smallest absolute Gasteiger partial charge is 0.258 e. The summed E-state index contributed by atoms with van der Waals surface area (Å²) in [6, 6.07) is 18.3. The number of rotatable bonds is 6. The van der Waals surface area contributed by atoms with E-state index in [1.54, 1.807) is 19.1 Å². The minimum Gasteiger partial charge on any atom is -0.484 e. The molecule has 1 aromatic heterocycles. The van der Waals surface area contributed by atoms with Gasteiger partial charge in [0.05, 0.1) is 0 Å². The van der Waals surface area contributed by atoms with E-state index in [2.05, 4.69) is 15.5 Å². The van der Waals surface area contributed by atoms with Crippen molar-refractivity contribution in [1.29, 1.82) is 0 Å². The van der Waals surface area contributed by atoms with E-state index in [1.807, 2.05) is 48.5 Å². The van der Waals surface area contributed by atoms with Crippen molar-refractivity contribution in [2.24, 2.45) is 0 Å². The highest BCUT2D eigenvalue weighted by molar-refractivity contribution is 5.77. The fourth-order valence-corrected chi connectivity index (χ4v) is 2.13. The Bertz CT molecular complexity index is 788. The standard InChI is InChI=1S/C18H17N3O3/c1-13(19-16(22)12-23-15-10-6-3-7-11-15)18-20-17(21-24-18)14-8-4-2-5-9-14/h2-11,13H,12H2,1H3,(H,19,22)/t13-/m0/s1. The predicted octanol–water partition coefficient (Wildman–Crippen LogP) is 2.99. The molecule has 6 heteroatoms. The molecule has 2 aromatic carbocycles. The third-order valence-corrected chi connectivity index (χ3v) is 3.33. The highest BCUT2D eigenvalue weighted by Gasteiger charge is 2.17. The van der Waals surface area contributed by atoms with E-state index in [0.29, 0.717) is 17.5 Å². The van der Waals surface area contributed by atoms with Crippen LogP contribution in [0.3, 0.4) is 0 Å². The number of carbonyl (C=O) groups is 1. The third kappa shape index (κ3) is 3.98. The fraction of sp³-hybridized carbons (Fsp3) is 0.167. The summed E-state index contributed by atoms with van der Waals surface area (Å²) in [6.07, 6.45) is 0. The monoisotopic (exact) mass is 323 g/mol. The summed E-state index contributed by atoms with van der Waals surface area (Å²) in [6.45, 7) is 1.71. The number of aromatic nitrogens is 2. The van der Waals surface area contributed by atoms with E-state index in [0.717, 1.165) is 5.56 Å². The van der Waals surface area contributed by atoms with Crippen molar-refractivity contribution in [1.82, 2.24) is 15.5 Å². The molecule has 3 rings (SSSR count). The average Bonchev–Trinajstić information content (AvgIpc) is 3.12. The normalized spacial score (nSPS) is 11.7. The van der Waals surface area contributed by atoms with Crippen LogP contribution in [0.2, 0.25) is 0 Å². The van der Waals surface area contributed by atoms with Gasteiger partial charge in [0.25, 0.3) is 5.91 Å². The third-order valence-electron chi connectivity index (χ3n) is 3.33. The van der Waals surface area contributed by atoms with Gasteiger partial charge in [-0.25, -0.2) is 0 Å². The van der Waals surface area contributed by atoms with Gasteiger partial charge in [-0.2, -0.15) is 4.98 Å². The maximum absolute atomic E-state index is 12.0. The van der Waals surface area contributed by atoms with E-state index < -0.39 is 6.04 Å². The Morgan fingerprint density at radius 3 is 2.50 bits per heavy atom. The predicted molar refractivity (Wildman–Crippen MR) is 88.2 cm³/mol. The summed E-state index contributed by atoms with van der Waals surface area (Å²) in [5, 5.41) is 6.71. The zero-order chi connectivity index (χ0) is 16.8. The van der Waals surface area contributed by atoms with Gasteiger partial charge in [0.2, 0.25) is 11.7 Å². The van der Waals surface area contributed by atoms with Crippen LogP contribution in [0.4, 0.5) is 0 Å². The van der Waals surface area contributed by atoms with Crippen molar-refractivity contribution in [2.75, 3.05) is 6.61 Å². The van der Waals surface area contributed by atoms with E-state index in [-0.39, 0.29) is 12.5 Å². The molecular formula is C18H17N3O3. The zero-order valence-electron chi connectivity index (χ0n) is 13.2. The first-order valence-corrected chi connectivity index (χ1v) is 7.58. The molecule has 24 heavy (non-hydrogen) atoms. The highest BCUT2D eigenvalue weighted by atomic mass is 16.5. The highest BCUT2D eigenvalue weighted by Crippen LogP contribution is 2.18. The Balaban J connectivity index is 1.56. The number of benzene rings is 2. The zero-order valence-corrected chi connectivity index (χ0v) is 13.2. The summed E-state index contributed by atoms with van der Waals surface area (Å²) in [7, 11) is 0. The lowest BCUT2D eigenvalue weighted by Crippen LogP contribution is -2.31. The molecule has 0 spiro atoms. The number of ether oxygens (including phenoxy) is 1. The number of nitrogens with zero attached hydrogens (tertiary/aromatic N) is 2. The lowest BCUT2D eigenvalue weighted by Gasteiger charge is -2.10. The van der Waals surface area contributed by atoms with Crippen LogP contribution in [0.15, 0.2) is 65.2 Å². The van der Waals surface area contributed by atoms with Gasteiger partial charge in [0, 0.05) is 5.56 Å². The molecule has 3 aromatic rings. The second-order valence-corrected chi connectivity index (χ2v) is 5.21. The second-order valence-electron chi connectivity index (χ2n) is 5.21. The second kappa shape index (κ2) is 7.41. The summed E-state index contributed by atoms with van der Waals surface area (Å²) in [5.41, 5.74) is 0.860. The first-order valence-electron chi connectivity index (χ1n) is 7.58. The molecular weight excluding hydrogens is 306 g/mol. The van der Waals surface area contributed by atoms with Crippen molar-refractivity contribution in [3.63, 3.8) is 0 Å². The quantitative estimate of drug-likeness (QED) is 0.754. The maximum atomic E-state index is 12.0. The molecule has 0 saturated carbocycles. The van der Waals surface area contributed by atoms with Crippen LogP contribution in [0.25, 0.3) is 11.4 Å². The van der Waals surface area contributed by atoms with E-state index in [1.165, 1.54) is 0 Å². The fourth-order valence-electron chi connectivity index (χ4n) is 2.13. The Morgan fingerprint density at radius 2 is 1.79 bits per heavy atom. The lowest BCUT2D eigenvalue weighted by atomic mass is 10.2. The molecule has 0 bridgehead atoms. The number of para-hydroxylation sites is 1. The molecule has 1 N–H and O–H groups in total. The van der Waals surface area contributed by atoms with Crippen molar-refractivity contribution in [3.05, 3.63) is 66.6 Å². The van der Waals surface area contributed by atoms with Gasteiger partial charge in [-0.1, -0.05) is 53.7 Å². The molecule has 1 amide bonds. The molecule has 0 fully saturated rings. The molecule has 1 atom stereocenters. The SMILES string of the molecule is C[C@H](NC(=O)COc1ccccc1)c1nc(-c2ccccc2)no1. The van der Waals surface area contributed by atoms with Crippen LogP contribution in [-0.2, 0) is 4.79 Å². The van der Waals surface area contributed by atoms with Gasteiger partial charge < -0.3 is 14.6 Å². The van der Waals surface area contributed by atoms with Crippen LogP contribution in [-0.4, -0.2) is 22.7 Å². The first-order chi connectivity index (χ1) is 11.7. The number of hydrogen-bond acceptors (Lipinski definition) is 5. The summed E-state index contributed by atoms with van der Waals surface area (Å²) >= 11 is 0. The van der Waals surface area contributed by atoms with Gasteiger partial charge in [0.1, 0.15) is 11.8 Å². The molecule has 0 aliphatic heterocycles. The van der Waals surface area contributed by atoms with Crippen LogP contribution >= 0.6 is 0 Å². The maximum Gasteiger partial charge on any atom is 0.258 e. The van der Waals surface area contributed by atoms with Crippen LogP contribution < -0.4 is 10.1 Å². The topological polar surface area (TPSA) is 77.2 Å². The molecule has 0 unspecified atom stereocenters. The molecule has 0 saturated heterocycles. The Morgan fingerprint density at radius 1 is 1.12 bits per heavy atom. The van der Waals surface area contributed by atoms with E-state index >= 15 is 0 Å². The number of hydrogen-bond donors (Lipinski definition) is 1. The Hall–Kier alpha value is -3.15. The Labute approximate surface area is 139 Å². The minimum absolute atomic E-state index is 0.0754. The summed E-state index contributed by atoms with van der Waals surface area (Å²) < 4.78 is 10.6. The molecule has 6 nitrogen and oxygen atoms in total. The number of nitrogens with one attached hydrogen (secondary N) is 1. The van der Waals surface area contributed by atoms with Crippen molar-refractivity contribution in [3.8, 4) is 17.1 Å². The lowest BCUT2D eigenvalue weighted by molar-refractivity contribution is -0.123. The molecule has 0 aliphatic carbocycles. The van der Waals surface area contributed by atoms with Crippen LogP contribution in [0.5, 0.6) is 5.75 Å². The van der Waals surface area contributed by atoms with E-state index in [4.69, 9.17) is 9.26 Å². The molecule has 0 radical (unpaired) electrons. The molecule has 0 aliphatic rings. The van der Waals surface area contributed by atoms with Crippen LogP contribution in [0, 0.1) is 0 Å². The van der Waals surface area contributed by atoms with Gasteiger partial charge in [-0.05, 0) is 19.1 Å². The van der Waals surface area contributed by atoms with Crippen molar-refractivity contribution < 1.29 is 14.1 Å². The van der Waals surface area contributed by atoms with Gasteiger partial charge in [-0.15, -0.1) is 0 Å². The van der Waals surface area contributed by atoms with Gasteiger partial charge >= 0.3 is 0 Å². The number of amides is 1. The van der Waals surface area contributed by atoms with Gasteiger partial charge in [0.15, 0.2) is 6.61 Å². The summed E-state index contributed by atoms with van der Waals surface area (Å²) in [5.74, 6) is 1.23. The largest absolute Gasteiger partial charge is 0.484 e. The summed E-state index contributed by atoms with van der Waals surface area (Å²) in [4.78, 5) is 16.3. The minimum atomic E-state index is -0.401. The number of carbonyl (C=O) groups excluding carboxylic acids is 1.